The van der Waals surface area contributed by atoms with Crippen LogP contribution in [0.1, 0.15) is 6.92 Å². The molecule has 0 saturated heterocycles. The molecule has 0 aliphatic carbocycles. The summed E-state index contributed by atoms with van der Waals surface area (Å²) < 4.78 is 0. The number of hydrogen-bond acceptors (Lipinski definition) is 4. The molecule has 0 unspecified atom stereocenters. The minimum absolute atomic E-state index is 0.229. The molecule has 7 nitrogen and oxygen atoms in total. The van der Waals surface area contributed by atoms with E-state index in [-0.39, 0.29) is 13.1 Å². The van der Waals surface area contributed by atoms with Crippen LogP contribution < -0.4 is 15.8 Å². The molecule has 0 fully saturated rings. The number of carbonyl (C=O) groups excluding carboxylic acids is 2. The van der Waals surface area contributed by atoms with Crippen molar-refractivity contribution in [2.24, 2.45) is 0 Å². The number of rotatable bonds is 5. The molecule has 0 saturated carbocycles. The Morgan fingerprint density at radius 3 is 2.50 bits per heavy atom. The lowest BCUT2D eigenvalue weighted by atomic mass is 10.3. The van der Waals surface area contributed by atoms with Gasteiger partial charge in [-0.3, -0.25) is 25.2 Å². The maximum atomic E-state index is 11.6. The molecule has 0 atom stereocenters. The van der Waals surface area contributed by atoms with Crippen LogP contribution in [0.25, 0.3) is 0 Å². The highest BCUT2D eigenvalue weighted by atomic mass is 35.5. The fraction of sp³-hybridized carbons (Fsp3) is 0.250. The Balaban J connectivity index is 2.77. The summed E-state index contributed by atoms with van der Waals surface area (Å²) in [6, 6.07) is 6.48. The van der Waals surface area contributed by atoms with Crippen LogP contribution in [0.15, 0.2) is 24.3 Å². The van der Waals surface area contributed by atoms with Gasteiger partial charge in [0.25, 0.3) is 5.91 Å². The summed E-state index contributed by atoms with van der Waals surface area (Å²) in [5, 5.41) is 9.30. The maximum absolute atomic E-state index is 11.6. The minimum atomic E-state index is -1.09. The van der Waals surface area contributed by atoms with Gasteiger partial charge in [0, 0.05) is 17.6 Å². The van der Waals surface area contributed by atoms with Crippen molar-refractivity contribution in [1.82, 2.24) is 10.9 Å². The predicted octanol–water partition coefficient (Wildman–Crippen LogP) is 0.398. The molecule has 0 aliphatic rings. The van der Waals surface area contributed by atoms with Gasteiger partial charge in [-0.05, 0) is 18.2 Å². The first-order valence-corrected chi connectivity index (χ1v) is 6.04. The molecule has 1 aromatic rings. The number of benzene rings is 1. The summed E-state index contributed by atoms with van der Waals surface area (Å²) in [7, 11) is 0. The molecule has 0 aromatic heterocycles. The van der Waals surface area contributed by atoms with E-state index in [1.807, 2.05) is 0 Å². The molecule has 1 rings (SSSR count). The molecule has 0 radical (unpaired) electrons. The maximum Gasteiger partial charge on any atom is 0.323 e. The molecule has 1 aromatic carbocycles. The normalized spacial score (nSPS) is 9.70. The fourth-order valence-corrected chi connectivity index (χ4v) is 1.63. The second-order valence-corrected chi connectivity index (χ2v) is 4.40. The van der Waals surface area contributed by atoms with Crippen LogP contribution in [0.2, 0.25) is 5.02 Å². The zero-order valence-electron chi connectivity index (χ0n) is 10.7. The van der Waals surface area contributed by atoms with E-state index in [1.54, 1.807) is 24.3 Å². The number of aliphatic carboxylic acids is 1. The van der Waals surface area contributed by atoms with Gasteiger partial charge in [0.05, 0.1) is 6.54 Å². The summed E-state index contributed by atoms with van der Waals surface area (Å²) in [5.41, 5.74) is 4.79. The van der Waals surface area contributed by atoms with Crippen molar-refractivity contribution in [3.05, 3.63) is 29.3 Å². The summed E-state index contributed by atoms with van der Waals surface area (Å²) in [6.45, 7) is 0.646. The highest BCUT2D eigenvalue weighted by Gasteiger charge is 2.15. The second-order valence-electron chi connectivity index (χ2n) is 3.96. The van der Waals surface area contributed by atoms with Crippen molar-refractivity contribution in [2.75, 3.05) is 18.0 Å². The van der Waals surface area contributed by atoms with Crippen LogP contribution >= 0.6 is 11.6 Å². The Bertz CT molecular complexity index is 521. The van der Waals surface area contributed by atoms with Gasteiger partial charge in [-0.15, -0.1) is 0 Å². The lowest BCUT2D eigenvalue weighted by Crippen LogP contribution is -2.46. The van der Waals surface area contributed by atoms with Crippen molar-refractivity contribution >= 4 is 35.1 Å². The van der Waals surface area contributed by atoms with Gasteiger partial charge < -0.3 is 10.0 Å². The number of amides is 2. The highest BCUT2D eigenvalue weighted by molar-refractivity contribution is 6.30. The molecule has 0 bridgehead atoms. The highest BCUT2D eigenvalue weighted by Crippen LogP contribution is 2.19. The molecule has 0 spiro atoms. The first-order chi connectivity index (χ1) is 9.38. The Hall–Kier alpha value is -2.28. The van der Waals surface area contributed by atoms with Crippen LogP contribution in [0.4, 0.5) is 5.69 Å². The van der Waals surface area contributed by atoms with E-state index in [0.717, 1.165) is 0 Å². The summed E-state index contributed by atoms with van der Waals surface area (Å²) >= 11 is 5.83. The van der Waals surface area contributed by atoms with Crippen LogP contribution in [-0.2, 0) is 14.4 Å². The molecule has 8 heteroatoms. The molecule has 3 N–H and O–H groups in total. The van der Waals surface area contributed by atoms with Crippen molar-refractivity contribution in [3.8, 4) is 0 Å². The molecule has 108 valence electrons. The zero-order chi connectivity index (χ0) is 15.1. The summed E-state index contributed by atoms with van der Waals surface area (Å²) in [5.74, 6) is -2.05. The third-order valence-electron chi connectivity index (χ3n) is 2.21. The van der Waals surface area contributed by atoms with Crippen LogP contribution in [0, 0.1) is 0 Å². The van der Waals surface area contributed by atoms with Crippen molar-refractivity contribution in [1.29, 1.82) is 0 Å². The van der Waals surface area contributed by atoms with Gasteiger partial charge in [-0.1, -0.05) is 17.7 Å². The lowest BCUT2D eigenvalue weighted by Gasteiger charge is -2.22. The Morgan fingerprint density at radius 1 is 1.25 bits per heavy atom. The molecule has 0 heterocycles. The Kier molecular flexibility index (Phi) is 5.79. The molecular weight excluding hydrogens is 286 g/mol. The molecule has 20 heavy (non-hydrogen) atoms. The van der Waals surface area contributed by atoms with E-state index in [2.05, 4.69) is 10.9 Å². The molecule has 0 aliphatic heterocycles. The van der Waals surface area contributed by atoms with Crippen LogP contribution in [0.5, 0.6) is 0 Å². The largest absolute Gasteiger partial charge is 0.480 e. The van der Waals surface area contributed by atoms with E-state index in [1.165, 1.54) is 11.8 Å². The zero-order valence-corrected chi connectivity index (χ0v) is 11.5. The van der Waals surface area contributed by atoms with Gasteiger partial charge in [-0.25, -0.2) is 0 Å². The van der Waals surface area contributed by atoms with E-state index in [4.69, 9.17) is 16.7 Å². The van der Waals surface area contributed by atoms with Crippen molar-refractivity contribution in [3.63, 3.8) is 0 Å². The number of carboxylic acids is 1. The van der Waals surface area contributed by atoms with Crippen molar-refractivity contribution < 1.29 is 19.5 Å². The number of anilines is 1. The number of carboxylic acid groups (broad SMARTS) is 1. The lowest BCUT2D eigenvalue weighted by molar-refractivity contribution is -0.135. The van der Waals surface area contributed by atoms with E-state index < -0.39 is 17.8 Å². The first-order valence-electron chi connectivity index (χ1n) is 5.66. The Morgan fingerprint density at radius 2 is 1.95 bits per heavy atom. The number of carbonyl (C=O) groups is 3. The smallest absolute Gasteiger partial charge is 0.323 e. The van der Waals surface area contributed by atoms with E-state index >= 15 is 0 Å². The average Bonchev–Trinajstić information content (AvgIpc) is 2.35. The Labute approximate surface area is 120 Å². The second kappa shape index (κ2) is 7.34. The first kappa shape index (κ1) is 15.8. The quantitative estimate of drug-likeness (QED) is 0.684. The van der Waals surface area contributed by atoms with Crippen molar-refractivity contribution in [2.45, 2.75) is 6.92 Å². The average molecular weight is 300 g/mol. The number of halogens is 1. The standard InChI is InChI=1S/C12H14ClN3O4/c1-8(17)14-15-11(18)6-16(7-12(19)20)10-4-2-3-9(13)5-10/h2-5H,6-7H2,1H3,(H,14,17)(H,15,18)(H,19,20). The van der Waals surface area contributed by atoms with Gasteiger partial charge in [0.15, 0.2) is 0 Å². The topological polar surface area (TPSA) is 98.7 Å². The van der Waals surface area contributed by atoms with E-state index in [0.29, 0.717) is 10.7 Å². The predicted molar refractivity (Wildman–Crippen MR) is 73.3 cm³/mol. The molecule has 2 amide bonds. The number of nitrogens with one attached hydrogen (secondary N) is 2. The summed E-state index contributed by atoms with van der Waals surface area (Å²) in [6.07, 6.45) is 0. The van der Waals surface area contributed by atoms with E-state index in [9.17, 15) is 14.4 Å². The van der Waals surface area contributed by atoms with Gasteiger partial charge in [-0.2, -0.15) is 0 Å². The van der Waals surface area contributed by atoms with Gasteiger partial charge >= 0.3 is 5.97 Å². The van der Waals surface area contributed by atoms with Crippen LogP contribution in [0.3, 0.4) is 0 Å². The van der Waals surface area contributed by atoms with Crippen LogP contribution in [-0.4, -0.2) is 36.0 Å². The minimum Gasteiger partial charge on any atom is -0.480 e. The number of hydrogen-bond donors (Lipinski definition) is 3. The SMILES string of the molecule is CC(=O)NNC(=O)CN(CC(=O)O)c1cccc(Cl)c1. The summed E-state index contributed by atoms with van der Waals surface area (Å²) in [4.78, 5) is 34.4. The fourth-order valence-electron chi connectivity index (χ4n) is 1.45. The van der Waals surface area contributed by atoms with Gasteiger partial charge in [0.2, 0.25) is 5.91 Å². The van der Waals surface area contributed by atoms with Gasteiger partial charge in [0.1, 0.15) is 6.54 Å². The number of hydrazine groups is 1. The monoisotopic (exact) mass is 299 g/mol. The third kappa shape index (κ3) is 5.57. The third-order valence-corrected chi connectivity index (χ3v) is 2.45. The molecular formula is C12H14ClN3O4. The number of nitrogens with zero attached hydrogens (tertiary/aromatic N) is 1.